The average Bonchev–Trinajstić information content (AvgIpc) is 3.11. The molecular weight excluding hydrogens is 248 g/mol. The van der Waals surface area contributed by atoms with Crippen molar-refractivity contribution < 1.29 is 13.7 Å². The van der Waals surface area contributed by atoms with Crippen LogP contribution in [0.4, 0.5) is 0 Å². The minimum atomic E-state index is -0.273. The summed E-state index contributed by atoms with van der Waals surface area (Å²) in [5.41, 5.74) is 6.09. The molecule has 0 bridgehead atoms. The van der Waals surface area contributed by atoms with Gasteiger partial charge in [-0.15, -0.1) is 0 Å². The molecule has 2 aromatic rings. The second-order valence-corrected chi connectivity index (χ2v) is 4.45. The third-order valence-corrected chi connectivity index (χ3v) is 3.06. The van der Waals surface area contributed by atoms with E-state index in [4.69, 9.17) is 19.4 Å². The van der Waals surface area contributed by atoms with E-state index in [9.17, 15) is 0 Å². The van der Waals surface area contributed by atoms with Crippen LogP contribution in [-0.2, 0) is 4.74 Å². The van der Waals surface area contributed by atoms with Gasteiger partial charge in [0, 0.05) is 19.6 Å². The molecule has 2 aromatic heterocycles. The smallest absolute Gasteiger partial charge is 0.293 e. The van der Waals surface area contributed by atoms with Crippen LogP contribution in [0.15, 0.2) is 27.3 Å². The van der Waals surface area contributed by atoms with Gasteiger partial charge in [0.25, 0.3) is 5.89 Å². The molecule has 7 heteroatoms. The first-order valence-electron chi connectivity index (χ1n) is 6.26. The molecule has 0 saturated carbocycles. The number of ether oxygens (including phenoxy) is 1. The number of nitrogens with two attached hydrogens (primary N) is 1. The standard InChI is InChI=1S/C12H16N4O3/c13-9(8-16-3-6-17-7-4-16)11-14-12(19-15-11)10-2-1-5-18-10/h1-2,5,9H,3-4,6-8,13H2. The molecule has 3 heterocycles. The summed E-state index contributed by atoms with van der Waals surface area (Å²) in [6.07, 6.45) is 1.56. The largest absolute Gasteiger partial charge is 0.459 e. The Morgan fingerprint density at radius 1 is 1.37 bits per heavy atom. The van der Waals surface area contributed by atoms with Crippen molar-refractivity contribution in [1.82, 2.24) is 15.0 Å². The van der Waals surface area contributed by atoms with Gasteiger partial charge in [-0.1, -0.05) is 5.16 Å². The number of furan rings is 1. The van der Waals surface area contributed by atoms with Gasteiger partial charge in [-0.2, -0.15) is 4.98 Å². The monoisotopic (exact) mass is 264 g/mol. The molecule has 1 saturated heterocycles. The maximum atomic E-state index is 6.09. The Morgan fingerprint density at radius 2 is 2.21 bits per heavy atom. The zero-order valence-electron chi connectivity index (χ0n) is 10.5. The molecule has 3 rings (SSSR count). The van der Waals surface area contributed by atoms with Crippen LogP contribution < -0.4 is 5.73 Å². The summed E-state index contributed by atoms with van der Waals surface area (Å²) in [4.78, 5) is 6.50. The van der Waals surface area contributed by atoms with E-state index in [-0.39, 0.29) is 6.04 Å². The van der Waals surface area contributed by atoms with E-state index in [0.29, 0.717) is 24.0 Å². The third-order valence-electron chi connectivity index (χ3n) is 3.06. The fourth-order valence-electron chi connectivity index (χ4n) is 2.03. The van der Waals surface area contributed by atoms with Crippen molar-refractivity contribution in [2.75, 3.05) is 32.8 Å². The van der Waals surface area contributed by atoms with E-state index in [1.165, 1.54) is 0 Å². The molecule has 1 atom stereocenters. The van der Waals surface area contributed by atoms with Crippen LogP contribution in [-0.4, -0.2) is 47.9 Å². The summed E-state index contributed by atoms with van der Waals surface area (Å²) < 4.78 is 15.6. The summed E-state index contributed by atoms with van der Waals surface area (Å²) in [5, 5.41) is 3.91. The van der Waals surface area contributed by atoms with Gasteiger partial charge in [0.05, 0.1) is 25.5 Å². The quantitative estimate of drug-likeness (QED) is 0.867. The van der Waals surface area contributed by atoms with Crippen LogP contribution >= 0.6 is 0 Å². The lowest BCUT2D eigenvalue weighted by Gasteiger charge is -2.27. The topological polar surface area (TPSA) is 90.5 Å². The van der Waals surface area contributed by atoms with Crippen LogP contribution in [0, 0.1) is 0 Å². The van der Waals surface area contributed by atoms with Crippen LogP contribution in [0.5, 0.6) is 0 Å². The van der Waals surface area contributed by atoms with Crippen molar-refractivity contribution in [3.8, 4) is 11.7 Å². The molecule has 0 amide bonds. The summed E-state index contributed by atoms with van der Waals surface area (Å²) in [6, 6.07) is 3.27. The first kappa shape index (κ1) is 12.3. The zero-order chi connectivity index (χ0) is 13.1. The van der Waals surface area contributed by atoms with E-state index in [1.807, 2.05) is 0 Å². The van der Waals surface area contributed by atoms with Gasteiger partial charge in [0.15, 0.2) is 11.6 Å². The van der Waals surface area contributed by atoms with Gasteiger partial charge in [-0.3, -0.25) is 4.90 Å². The molecule has 1 unspecified atom stereocenters. The van der Waals surface area contributed by atoms with Crippen LogP contribution in [0.25, 0.3) is 11.7 Å². The molecule has 1 fully saturated rings. The van der Waals surface area contributed by atoms with Crippen molar-refractivity contribution in [2.45, 2.75) is 6.04 Å². The first-order chi connectivity index (χ1) is 9.33. The van der Waals surface area contributed by atoms with Gasteiger partial charge in [0.2, 0.25) is 0 Å². The number of hydrogen-bond acceptors (Lipinski definition) is 7. The molecule has 102 valence electrons. The molecule has 1 aliphatic rings. The second kappa shape index (κ2) is 5.52. The Bertz CT molecular complexity index is 505. The highest BCUT2D eigenvalue weighted by Crippen LogP contribution is 2.19. The van der Waals surface area contributed by atoms with E-state index >= 15 is 0 Å². The van der Waals surface area contributed by atoms with Crippen LogP contribution in [0.3, 0.4) is 0 Å². The molecule has 0 spiro atoms. The number of nitrogens with zero attached hydrogens (tertiary/aromatic N) is 3. The molecule has 7 nitrogen and oxygen atoms in total. The minimum Gasteiger partial charge on any atom is -0.459 e. The Labute approximate surface area is 110 Å². The number of rotatable bonds is 4. The maximum absolute atomic E-state index is 6.09. The molecule has 0 radical (unpaired) electrons. The van der Waals surface area contributed by atoms with Crippen LogP contribution in [0.1, 0.15) is 11.9 Å². The molecule has 0 aromatic carbocycles. The lowest BCUT2D eigenvalue weighted by atomic mass is 10.2. The van der Waals surface area contributed by atoms with E-state index in [2.05, 4.69) is 15.0 Å². The third kappa shape index (κ3) is 2.83. The number of hydrogen-bond donors (Lipinski definition) is 1. The number of morpholine rings is 1. The molecular formula is C12H16N4O3. The molecule has 0 aliphatic carbocycles. The lowest BCUT2D eigenvalue weighted by molar-refractivity contribution is 0.0348. The highest BCUT2D eigenvalue weighted by atomic mass is 16.5. The summed E-state index contributed by atoms with van der Waals surface area (Å²) in [5.74, 6) is 1.41. The van der Waals surface area contributed by atoms with Crippen molar-refractivity contribution >= 4 is 0 Å². The summed E-state index contributed by atoms with van der Waals surface area (Å²) in [7, 11) is 0. The summed E-state index contributed by atoms with van der Waals surface area (Å²) >= 11 is 0. The fourth-order valence-corrected chi connectivity index (χ4v) is 2.03. The fraction of sp³-hybridized carbons (Fsp3) is 0.500. The van der Waals surface area contributed by atoms with Crippen LogP contribution in [0.2, 0.25) is 0 Å². The average molecular weight is 264 g/mol. The highest BCUT2D eigenvalue weighted by molar-refractivity contribution is 5.42. The second-order valence-electron chi connectivity index (χ2n) is 4.45. The van der Waals surface area contributed by atoms with E-state index < -0.39 is 0 Å². The van der Waals surface area contributed by atoms with E-state index in [0.717, 1.165) is 26.3 Å². The predicted molar refractivity (Wildman–Crippen MR) is 66.2 cm³/mol. The Morgan fingerprint density at radius 3 is 2.95 bits per heavy atom. The highest BCUT2D eigenvalue weighted by Gasteiger charge is 2.20. The van der Waals surface area contributed by atoms with Gasteiger partial charge < -0.3 is 19.4 Å². The van der Waals surface area contributed by atoms with Crippen molar-refractivity contribution in [2.24, 2.45) is 5.73 Å². The van der Waals surface area contributed by atoms with Gasteiger partial charge in [-0.05, 0) is 12.1 Å². The molecule has 1 aliphatic heterocycles. The summed E-state index contributed by atoms with van der Waals surface area (Å²) in [6.45, 7) is 3.96. The normalized spacial score (nSPS) is 18.6. The molecule has 2 N–H and O–H groups in total. The first-order valence-corrected chi connectivity index (χ1v) is 6.26. The van der Waals surface area contributed by atoms with Gasteiger partial charge in [-0.25, -0.2) is 0 Å². The maximum Gasteiger partial charge on any atom is 0.293 e. The predicted octanol–water partition coefficient (Wildman–Crippen LogP) is 0.662. The molecule has 19 heavy (non-hydrogen) atoms. The van der Waals surface area contributed by atoms with Crippen molar-refractivity contribution in [3.05, 3.63) is 24.2 Å². The van der Waals surface area contributed by atoms with Gasteiger partial charge in [0.1, 0.15) is 0 Å². The number of aromatic nitrogens is 2. The SMILES string of the molecule is NC(CN1CCOCC1)c1noc(-c2ccco2)n1. The Hall–Kier alpha value is -1.70. The van der Waals surface area contributed by atoms with Crippen molar-refractivity contribution in [3.63, 3.8) is 0 Å². The Kier molecular flexibility index (Phi) is 3.58. The Balaban J connectivity index is 1.65. The van der Waals surface area contributed by atoms with E-state index in [1.54, 1.807) is 18.4 Å². The minimum absolute atomic E-state index is 0.273. The zero-order valence-corrected chi connectivity index (χ0v) is 10.5. The van der Waals surface area contributed by atoms with Crippen molar-refractivity contribution in [1.29, 1.82) is 0 Å². The lowest BCUT2D eigenvalue weighted by Crippen LogP contribution is -2.40. The van der Waals surface area contributed by atoms with Gasteiger partial charge >= 0.3 is 0 Å².